The Labute approximate surface area is 354 Å². The molecule has 2 aromatic rings. The average molecular weight is 874 g/mol. The van der Waals surface area contributed by atoms with Crippen molar-refractivity contribution in [2.75, 3.05) is 13.2 Å². The van der Waals surface area contributed by atoms with Gasteiger partial charge in [-0.1, -0.05) is 53.3 Å². The van der Waals surface area contributed by atoms with Gasteiger partial charge in [-0.3, -0.25) is 34.6 Å². The summed E-state index contributed by atoms with van der Waals surface area (Å²) in [6, 6.07) is 9.12. The summed E-state index contributed by atoms with van der Waals surface area (Å²) in [6.45, 7) is 17.2. The average Bonchev–Trinajstić information content (AvgIpc) is 3.62. The molecule has 0 spiro atoms. The molecule has 20 heteroatoms. The second-order valence-electron chi connectivity index (χ2n) is 16.9. The number of hydrogen-bond donors (Lipinski definition) is 2. The van der Waals surface area contributed by atoms with Crippen LogP contribution in [0.3, 0.4) is 0 Å². The maximum Gasteiger partial charge on any atom is 0.417 e. The van der Waals surface area contributed by atoms with E-state index >= 15 is 0 Å². The van der Waals surface area contributed by atoms with Gasteiger partial charge in [0.15, 0.2) is 13.4 Å². The van der Waals surface area contributed by atoms with Crippen molar-refractivity contribution >= 4 is 60.6 Å². The summed E-state index contributed by atoms with van der Waals surface area (Å²) in [5.41, 5.74) is 0.763. The lowest BCUT2D eigenvalue weighted by molar-refractivity contribution is -0.385. The van der Waals surface area contributed by atoms with E-state index in [2.05, 4.69) is 44.5 Å². The van der Waals surface area contributed by atoms with E-state index in [9.17, 15) is 44.2 Å². The Morgan fingerprint density at radius 1 is 0.917 bits per heavy atom. The molecule has 18 nitrogen and oxygen atoms in total. The number of likely N-dealkylation sites (tertiary alicyclic amines) is 1. The number of thioether (sulfide) groups is 1. The van der Waals surface area contributed by atoms with Gasteiger partial charge >= 0.3 is 12.2 Å². The van der Waals surface area contributed by atoms with Gasteiger partial charge in [-0.2, -0.15) is 0 Å². The van der Waals surface area contributed by atoms with Crippen molar-refractivity contribution in [3.8, 4) is 0 Å². The van der Waals surface area contributed by atoms with Gasteiger partial charge in [0, 0.05) is 48.6 Å². The molecule has 7 atom stereocenters. The molecule has 4 amide bonds. The molecule has 60 heavy (non-hydrogen) atoms. The predicted octanol–water partition coefficient (Wildman–Crippen LogP) is 6.50. The van der Waals surface area contributed by atoms with E-state index in [0.29, 0.717) is 24.2 Å². The Balaban J connectivity index is 1.39. The molecule has 0 saturated carbocycles. The van der Waals surface area contributed by atoms with Crippen LogP contribution in [0.15, 0.2) is 48.5 Å². The highest BCUT2D eigenvalue weighted by Gasteiger charge is 2.58. The number of amides is 4. The molecule has 2 fully saturated rings. The maximum atomic E-state index is 14.1. The largest absolute Gasteiger partial charge is 0.445 e. The highest BCUT2D eigenvalue weighted by Crippen LogP contribution is 2.43. The second kappa shape index (κ2) is 20.1. The zero-order valence-electron chi connectivity index (χ0n) is 35.3. The molecule has 2 heterocycles. The number of imide groups is 1. The first kappa shape index (κ1) is 47.8. The number of carbonyl (C=O) groups is 5. The number of alkyl carbamates (subject to hydrolysis) is 1. The van der Waals surface area contributed by atoms with E-state index in [1.807, 2.05) is 0 Å². The number of non-ortho nitro benzene ring substituents is 2. The van der Waals surface area contributed by atoms with Gasteiger partial charge in [0.05, 0.1) is 34.0 Å². The number of nitro benzene ring substituents is 2. The van der Waals surface area contributed by atoms with Crippen molar-refractivity contribution in [1.82, 2.24) is 15.5 Å². The summed E-state index contributed by atoms with van der Waals surface area (Å²) in [5.74, 6) is -3.03. The summed E-state index contributed by atoms with van der Waals surface area (Å²) in [6.07, 6.45) is -2.50. The third-order valence-corrected chi connectivity index (χ3v) is 17.2. The first-order valence-corrected chi connectivity index (χ1v) is 23.5. The minimum absolute atomic E-state index is 0.0317. The van der Waals surface area contributed by atoms with Crippen LogP contribution in [0.2, 0.25) is 18.1 Å². The van der Waals surface area contributed by atoms with Crippen LogP contribution in [0.1, 0.15) is 66.0 Å². The third kappa shape index (κ3) is 11.9. The first-order valence-electron chi connectivity index (χ1n) is 19.7. The van der Waals surface area contributed by atoms with Crippen molar-refractivity contribution in [3.05, 3.63) is 79.9 Å². The number of carbonyl (C=O) groups excluding carboxylic acids is 5. The Hall–Kier alpha value is -4.92. The molecule has 2 N–H and O–H groups in total. The van der Waals surface area contributed by atoms with Crippen LogP contribution in [-0.4, -0.2) is 94.9 Å². The number of benzene rings is 2. The van der Waals surface area contributed by atoms with Gasteiger partial charge in [0.1, 0.15) is 19.3 Å². The second-order valence-corrected chi connectivity index (χ2v) is 22.9. The van der Waals surface area contributed by atoms with Gasteiger partial charge in [-0.15, -0.1) is 0 Å². The molecule has 0 aromatic heterocycles. The number of β-lactam (4-membered cyclic amide) rings is 1. The molecule has 0 aliphatic carbocycles. The van der Waals surface area contributed by atoms with E-state index in [1.54, 1.807) is 27.7 Å². The molecule has 2 aliphatic rings. The number of nitrogens with one attached hydrogen (secondary N) is 2. The quantitative estimate of drug-likeness (QED) is 0.0748. The Morgan fingerprint density at radius 3 is 1.95 bits per heavy atom. The molecule has 2 saturated heterocycles. The van der Waals surface area contributed by atoms with Gasteiger partial charge in [0.25, 0.3) is 11.4 Å². The zero-order chi connectivity index (χ0) is 44.7. The lowest BCUT2D eigenvalue weighted by Gasteiger charge is -2.51. The minimum atomic E-state index is -2.39. The summed E-state index contributed by atoms with van der Waals surface area (Å²) in [7, 11) is -2.39. The smallest absolute Gasteiger partial charge is 0.417 e. The van der Waals surface area contributed by atoms with E-state index in [0.717, 1.165) is 16.7 Å². The van der Waals surface area contributed by atoms with Crippen molar-refractivity contribution in [1.29, 1.82) is 0 Å². The fourth-order valence-corrected chi connectivity index (χ4v) is 9.25. The first-order chi connectivity index (χ1) is 28.0. The fourth-order valence-electron chi connectivity index (χ4n) is 6.63. The molecule has 4 rings (SSSR count). The normalized spacial score (nSPS) is 20.7. The lowest BCUT2D eigenvalue weighted by Crippen LogP contribution is -2.70. The molecule has 0 unspecified atom stereocenters. The maximum absolute atomic E-state index is 14.1. The monoisotopic (exact) mass is 873 g/mol. The topological polar surface area (TPSA) is 236 Å². The number of nitro groups is 2. The van der Waals surface area contributed by atoms with Gasteiger partial charge in [-0.05, 0) is 72.8 Å². The minimum Gasteiger partial charge on any atom is -0.445 e. The van der Waals surface area contributed by atoms with E-state index < -0.39 is 78.3 Å². The molecule has 2 aliphatic heterocycles. The SMILES string of the molecule is CC(C)[C@H](NC(=O)OCc1ccc([N+](=O)[O-])cc1)C(=O)NC[C@H]1OCC[C@H]1SC(=O)[C@H](C)[C@@H]1[C@@H]([C@@H](C)O[Si](C)(C)C(C)(C)C)C(=O)N1C(=O)OCc1ccc([N+](=O)[O-])cc1. The number of rotatable bonds is 17. The number of nitrogens with zero attached hydrogens (tertiary/aromatic N) is 3. The summed E-state index contributed by atoms with van der Waals surface area (Å²) in [4.78, 5) is 89.1. The van der Waals surface area contributed by atoms with Gasteiger partial charge < -0.3 is 29.3 Å². The Bertz CT molecular complexity index is 1910. The van der Waals surface area contributed by atoms with Crippen LogP contribution >= 0.6 is 11.8 Å². The van der Waals surface area contributed by atoms with Crippen molar-refractivity contribution in [3.63, 3.8) is 0 Å². The number of hydrogen-bond acceptors (Lipinski definition) is 14. The lowest BCUT2D eigenvalue weighted by atomic mass is 9.77. The van der Waals surface area contributed by atoms with E-state index in [1.165, 1.54) is 48.5 Å². The van der Waals surface area contributed by atoms with Crippen LogP contribution < -0.4 is 10.6 Å². The van der Waals surface area contributed by atoms with Gasteiger partial charge in [-0.25, -0.2) is 14.5 Å². The van der Waals surface area contributed by atoms with Crippen LogP contribution in [0.4, 0.5) is 21.0 Å². The highest BCUT2D eigenvalue weighted by molar-refractivity contribution is 8.14. The fraction of sp³-hybridized carbons (Fsp3) is 0.575. The Kier molecular flexibility index (Phi) is 16.0. The Morgan fingerprint density at radius 2 is 1.45 bits per heavy atom. The van der Waals surface area contributed by atoms with Gasteiger partial charge in [0.2, 0.25) is 11.8 Å². The van der Waals surface area contributed by atoms with Crippen LogP contribution in [0.5, 0.6) is 0 Å². The summed E-state index contributed by atoms with van der Waals surface area (Å²) in [5, 5.41) is 26.5. The molecule has 2 aromatic carbocycles. The van der Waals surface area contributed by atoms with Crippen molar-refractivity contribution in [2.45, 2.75) is 116 Å². The molecular formula is C40H55N5O13SSi. The molecule has 328 valence electrons. The summed E-state index contributed by atoms with van der Waals surface area (Å²) >= 11 is 1.03. The third-order valence-electron chi connectivity index (χ3n) is 11.2. The standard InChI is InChI=1S/C40H55N5O13SSi/c1-23(2)33(42-38(49)56-21-26-10-14-28(15-11-26)44(51)52)35(46)41-20-30-31(18-19-55-30)59-37(48)24(3)34-32(25(4)58-60(8,9)40(5,6)7)36(47)43(34)39(50)57-22-27-12-16-29(17-13-27)45(53)54/h10-17,23-25,30-34H,18-22H2,1-9H3,(H,41,46)(H,42,49)/t24-,25-,30-,31-,32-,33+,34-/m1/s1. The van der Waals surface area contributed by atoms with Crippen LogP contribution in [0, 0.1) is 38.0 Å². The molecular weight excluding hydrogens is 819 g/mol. The van der Waals surface area contributed by atoms with E-state index in [-0.39, 0.29) is 52.5 Å². The van der Waals surface area contributed by atoms with Crippen molar-refractivity contribution in [2.24, 2.45) is 17.8 Å². The highest BCUT2D eigenvalue weighted by atomic mass is 32.2. The predicted molar refractivity (Wildman–Crippen MR) is 223 cm³/mol. The molecule has 0 bridgehead atoms. The van der Waals surface area contributed by atoms with Crippen molar-refractivity contribution < 1.29 is 52.5 Å². The summed E-state index contributed by atoms with van der Waals surface area (Å²) < 4.78 is 23.2. The van der Waals surface area contributed by atoms with Crippen LogP contribution in [0.25, 0.3) is 0 Å². The van der Waals surface area contributed by atoms with E-state index in [4.69, 9.17) is 18.6 Å². The zero-order valence-corrected chi connectivity index (χ0v) is 37.1. The molecule has 0 radical (unpaired) electrons. The van der Waals surface area contributed by atoms with Crippen LogP contribution in [-0.2, 0) is 46.2 Å². The number of ether oxygens (including phenoxy) is 3.